The van der Waals surface area contributed by atoms with Crippen LogP contribution in [-0.2, 0) is 9.53 Å². The smallest absolute Gasteiger partial charge is 0.313 e. The number of hydrogen-bond donors (Lipinski definition) is 0. The van der Waals surface area contributed by atoms with Crippen LogP contribution in [0.5, 0.6) is 0 Å². The molecule has 0 aromatic rings. The fraction of sp³-hybridized carbons (Fsp3) is 0.700. The zero-order valence-corrected chi connectivity index (χ0v) is 7.59. The van der Waals surface area contributed by atoms with Crippen LogP contribution in [0.1, 0.15) is 33.1 Å². The SMILES string of the molecule is CC1(C)CC1=COC(=O)C1CC1. The Bertz CT molecular complexity index is 247. The van der Waals surface area contributed by atoms with Crippen molar-refractivity contribution in [2.24, 2.45) is 11.3 Å². The highest BCUT2D eigenvalue weighted by molar-refractivity contribution is 5.75. The van der Waals surface area contributed by atoms with E-state index in [1.54, 1.807) is 6.26 Å². The first kappa shape index (κ1) is 7.84. The van der Waals surface area contributed by atoms with Crippen LogP contribution >= 0.6 is 0 Å². The Kier molecular flexibility index (Phi) is 1.53. The topological polar surface area (TPSA) is 26.3 Å². The number of rotatable bonds is 2. The van der Waals surface area contributed by atoms with Gasteiger partial charge in [-0.05, 0) is 30.3 Å². The molecule has 12 heavy (non-hydrogen) atoms. The molecular formula is C10H14O2. The first-order valence-corrected chi connectivity index (χ1v) is 4.49. The van der Waals surface area contributed by atoms with Gasteiger partial charge in [0.05, 0.1) is 12.2 Å². The Labute approximate surface area is 72.6 Å². The van der Waals surface area contributed by atoms with Gasteiger partial charge in [0, 0.05) is 0 Å². The average Bonchev–Trinajstić information content (AvgIpc) is 2.81. The van der Waals surface area contributed by atoms with Crippen molar-refractivity contribution in [3.8, 4) is 0 Å². The first-order chi connectivity index (χ1) is 5.59. The van der Waals surface area contributed by atoms with Crippen LogP contribution in [-0.4, -0.2) is 5.97 Å². The molecule has 2 heteroatoms. The van der Waals surface area contributed by atoms with E-state index in [4.69, 9.17) is 4.74 Å². The molecule has 0 atom stereocenters. The predicted octanol–water partition coefficient (Wildman–Crippen LogP) is 2.25. The van der Waals surface area contributed by atoms with E-state index in [1.807, 2.05) is 0 Å². The Hall–Kier alpha value is -0.790. The number of carbonyl (C=O) groups excluding carboxylic acids is 1. The van der Waals surface area contributed by atoms with Crippen LogP contribution in [0.3, 0.4) is 0 Å². The molecule has 0 bridgehead atoms. The van der Waals surface area contributed by atoms with Crippen molar-refractivity contribution in [3.05, 3.63) is 11.8 Å². The summed E-state index contributed by atoms with van der Waals surface area (Å²) in [6, 6.07) is 0. The lowest BCUT2D eigenvalue weighted by Gasteiger charge is -1.95. The molecule has 0 spiro atoms. The zero-order chi connectivity index (χ0) is 8.77. The first-order valence-electron chi connectivity index (χ1n) is 4.49. The Morgan fingerprint density at radius 2 is 2.17 bits per heavy atom. The van der Waals surface area contributed by atoms with Gasteiger partial charge in [-0.15, -0.1) is 0 Å². The van der Waals surface area contributed by atoms with Crippen LogP contribution in [0.15, 0.2) is 11.8 Å². The second-order valence-corrected chi connectivity index (χ2v) is 4.41. The molecule has 0 aliphatic heterocycles. The van der Waals surface area contributed by atoms with E-state index in [-0.39, 0.29) is 11.9 Å². The molecule has 2 aliphatic carbocycles. The van der Waals surface area contributed by atoms with Gasteiger partial charge in [-0.3, -0.25) is 4.79 Å². The zero-order valence-electron chi connectivity index (χ0n) is 7.59. The van der Waals surface area contributed by atoms with Crippen molar-refractivity contribution in [1.82, 2.24) is 0 Å². The largest absolute Gasteiger partial charge is 0.434 e. The summed E-state index contributed by atoms with van der Waals surface area (Å²) in [4.78, 5) is 11.1. The van der Waals surface area contributed by atoms with Gasteiger partial charge in [0.15, 0.2) is 0 Å². The van der Waals surface area contributed by atoms with Crippen molar-refractivity contribution in [1.29, 1.82) is 0 Å². The molecule has 0 amide bonds. The minimum Gasteiger partial charge on any atom is -0.434 e. The number of carbonyl (C=O) groups is 1. The number of ether oxygens (including phenoxy) is 1. The molecule has 2 fully saturated rings. The maximum Gasteiger partial charge on any atom is 0.313 e. The van der Waals surface area contributed by atoms with Gasteiger partial charge >= 0.3 is 5.97 Å². The molecule has 2 nitrogen and oxygen atoms in total. The summed E-state index contributed by atoms with van der Waals surface area (Å²) >= 11 is 0. The van der Waals surface area contributed by atoms with E-state index in [9.17, 15) is 4.79 Å². The fourth-order valence-electron chi connectivity index (χ4n) is 1.18. The quantitative estimate of drug-likeness (QED) is 0.464. The fourth-order valence-corrected chi connectivity index (χ4v) is 1.18. The van der Waals surface area contributed by atoms with Crippen LogP contribution < -0.4 is 0 Å². The molecule has 66 valence electrons. The third kappa shape index (κ3) is 1.52. The summed E-state index contributed by atoms with van der Waals surface area (Å²) in [5.41, 5.74) is 1.56. The van der Waals surface area contributed by atoms with Gasteiger partial charge in [-0.1, -0.05) is 13.8 Å². The molecule has 0 heterocycles. The third-order valence-corrected chi connectivity index (χ3v) is 2.60. The van der Waals surface area contributed by atoms with Gasteiger partial charge in [0.25, 0.3) is 0 Å². The van der Waals surface area contributed by atoms with E-state index in [0.717, 1.165) is 19.3 Å². The number of allylic oxidation sites excluding steroid dienone is 1. The Balaban J connectivity index is 1.82. The summed E-state index contributed by atoms with van der Waals surface area (Å²) < 4.78 is 5.02. The highest BCUT2D eigenvalue weighted by Gasteiger charge is 2.40. The van der Waals surface area contributed by atoms with E-state index in [0.29, 0.717) is 5.41 Å². The molecule has 0 aromatic heterocycles. The summed E-state index contributed by atoms with van der Waals surface area (Å²) in [7, 11) is 0. The molecule has 2 aliphatic rings. The lowest BCUT2D eigenvalue weighted by atomic mass is 10.2. The second kappa shape index (κ2) is 2.35. The molecular weight excluding hydrogens is 152 g/mol. The Morgan fingerprint density at radius 3 is 2.58 bits per heavy atom. The van der Waals surface area contributed by atoms with Crippen LogP contribution in [0.2, 0.25) is 0 Å². The van der Waals surface area contributed by atoms with Gasteiger partial charge in [0.2, 0.25) is 0 Å². The molecule has 2 saturated carbocycles. The summed E-state index contributed by atoms with van der Waals surface area (Å²) in [6.45, 7) is 4.31. The van der Waals surface area contributed by atoms with E-state index in [1.165, 1.54) is 5.57 Å². The highest BCUT2D eigenvalue weighted by Crippen LogP contribution is 2.51. The van der Waals surface area contributed by atoms with Gasteiger partial charge in [0.1, 0.15) is 0 Å². The highest BCUT2D eigenvalue weighted by atomic mass is 16.5. The van der Waals surface area contributed by atoms with Crippen LogP contribution in [0, 0.1) is 11.3 Å². The lowest BCUT2D eigenvalue weighted by molar-refractivity contribution is -0.139. The molecule has 0 radical (unpaired) electrons. The van der Waals surface area contributed by atoms with Crippen molar-refractivity contribution in [2.45, 2.75) is 33.1 Å². The van der Waals surface area contributed by atoms with E-state index < -0.39 is 0 Å². The average molecular weight is 166 g/mol. The minimum absolute atomic E-state index is 0.0369. The van der Waals surface area contributed by atoms with Crippen molar-refractivity contribution in [2.75, 3.05) is 0 Å². The maximum atomic E-state index is 11.1. The van der Waals surface area contributed by atoms with Crippen LogP contribution in [0.25, 0.3) is 0 Å². The molecule has 0 N–H and O–H groups in total. The molecule has 0 unspecified atom stereocenters. The summed E-state index contributed by atoms with van der Waals surface area (Å²) in [5.74, 6) is 0.175. The van der Waals surface area contributed by atoms with Crippen molar-refractivity contribution < 1.29 is 9.53 Å². The second-order valence-electron chi connectivity index (χ2n) is 4.41. The third-order valence-electron chi connectivity index (χ3n) is 2.60. The van der Waals surface area contributed by atoms with E-state index >= 15 is 0 Å². The monoisotopic (exact) mass is 166 g/mol. The van der Waals surface area contributed by atoms with Gasteiger partial charge < -0.3 is 4.74 Å². The predicted molar refractivity (Wildman–Crippen MR) is 45.3 cm³/mol. The molecule has 2 rings (SSSR count). The number of esters is 1. The summed E-state index contributed by atoms with van der Waals surface area (Å²) in [5, 5.41) is 0. The molecule has 0 saturated heterocycles. The van der Waals surface area contributed by atoms with E-state index in [2.05, 4.69) is 13.8 Å². The Morgan fingerprint density at radius 1 is 1.58 bits per heavy atom. The van der Waals surface area contributed by atoms with Crippen molar-refractivity contribution in [3.63, 3.8) is 0 Å². The lowest BCUT2D eigenvalue weighted by Crippen LogP contribution is -2.01. The number of hydrogen-bond acceptors (Lipinski definition) is 2. The van der Waals surface area contributed by atoms with Crippen molar-refractivity contribution >= 4 is 5.97 Å². The normalized spacial score (nSPS) is 28.7. The minimum atomic E-state index is -0.0369. The van der Waals surface area contributed by atoms with Gasteiger partial charge in [-0.25, -0.2) is 0 Å². The van der Waals surface area contributed by atoms with Gasteiger partial charge in [-0.2, -0.15) is 0 Å². The molecule has 0 aromatic carbocycles. The maximum absolute atomic E-state index is 11.1. The summed E-state index contributed by atoms with van der Waals surface area (Å²) in [6.07, 6.45) is 4.77. The standard InChI is InChI=1S/C10H14O2/c1-10(2)5-8(10)6-12-9(11)7-3-4-7/h6-7H,3-5H2,1-2H3. The van der Waals surface area contributed by atoms with Crippen LogP contribution in [0.4, 0.5) is 0 Å².